The second kappa shape index (κ2) is 6.36. The first-order valence-corrected chi connectivity index (χ1v) is 9.99. The summed E-state index contributed by atoms with van der Waals surface area (Å²) in [5.74, 6) is 3.47. The lowest BCUT2D eigenvalue weighted by atomic mass is 9.48. The molecule has 4 saturated carbocycles. The van der Waals surface area contributed by atoms with Crippen molar-refractivity contribution in [2.45, 2.75) is 51.5 Å². The summed E-state index contributed by atoms with van der Waals surface area (Å²) in [5, 5.41) is 3.25. The Labute approximate surface area is 152 Å². The van der Waals surface area contributed by atoms with Crippen LogP contribution < -0.4 is 10.1 Å². The van der Waals surface area contributed by atoms with Crippen molar-refractivity contribution in [2.24, 2.45) is 23.2 Å². The molecule has 1 amide bonds. The molecule has 1 N–H and O–H groups in total. The number of amides is 1. The molecule has 0 aliphatic heterocycles. The molecule has 3 nitrogen and oxygen atoms in total. The van der Waals surface area contributed by atoms with Gasteiger partial charge in [0.05, 0.1) is 0 Å². The van der Waals surface area contributed by atoms with Gasteiger partial charge in [-0.05, 0) is 92.9 Å². The van der Waals surface area contributed by atoms with Gasteiger partial charge in [0.1, 0.15) is 5.75 Å². The first-order valence-electron chi connectivity index (χ1n) is 9.20. The number of carbonyl (C=O) groups excluding carboxylic acids is 1. The highest BCUT2D eigenvalue weighted by molar-refractivity contribution is 9.10. The molecule has 0 spiro atoms. The molecule has 0 aromatic heterocycles. The van der Waals surface area contributed by atoms with E-state index in [2.05, 4.69) is 28.2 Å². The lowest BCUT2D eigenvalue weighted by Crippen LogP contribution is -2.56. The van der Waals surface area contributed by atoms with E-state index in [-0.39, 0.29) is 18.6 Å². The van der Waals surface area contributed by atoms with Crippen molar-refractivity contribution in [1.29, 1.82) is 0 Å². The minimum atomic E-state index is 0.00108. The van der Waals surface area contributed by atoms with Gasteiger partial charge < -0.3 is 10.1 Å². The summed E-state index contributed by atoms with van der Waals surface area (Å²) in [6, 6.07) is 7.85. The summed E-state index contributed by atoms with van der Waals surface area (Å²) in [7, 11) is 0. The molecule has 4 heteroatoms. The van der Waals surface area contributed by atoms with Gasteiger partial charge in [-0.2, -0.15) is 0 Å². The second-order valence-electron chi connectivity index (χ2n) is 8.31. The maximum atomic E-state index is 12.3. The Morgan fingerprint density at radius 1 is 1.17 bits per heavy atom. The monoisotopic (exact) mass is 391 g/mol. The van der Waals surface area contributed by atoms with Gasteiger partial charge in [0, 0.05) is 10.5 Å². The zero-order valence-electron chi connectivity index (χ0n) is 14.3. The van der Waals surface area contributed by atoms with Gasteiger partial charge in [0.2, 0.25) is 0 Å². The van der Waals surface area contributed by atoms with Crippen LogP contribution in [0.3, 0.4) is 0 Å². The molecule has 130 valence electrons. The van der Waals surface area contributed by atoms with Gasteiger partial charge in [-0.25, -0.2) is 0 Å². The van der Waals surface area contributed by atoms with E-state index in [0.717, 1.165) is 28.0 Å². The smallest absolute Gasteiger partial charge is 0.258 e. The molecule has 0 unspecified atom stereocenters. The molecule has 1 aromatic rings. The Bertz CT molecular complexity index is 577. The summed E-state index contributed by atoms with van der Waals surface area (Å²) >= 11 is 3.40. The van der Waals surface area contributed by atoms with E-state index in [1.807, 2.05) is 24.3 Å². The average Bonchev–Trinajstić information content (AvgIpc) is 2.53. The Morgan fingerprint density at radius 3 is 2.25 bits per heavy atom. The number of carbonyl (C=O) groups is 1. The van der Waals surface area contributed by atoms with Crippen LogP contribution in [0.15, 0.2) is 28.7 Å². The van der Waals surface area contributed by atoms with E-state index in [1.165, 1.54) is 38.5 Å². The van der Waals surface area contributed by atoms with Crippen molar-refractivity contribution in [3.05, 3.63) is 28.7 Å². The molecule has 4 aliphatic carbocycles. The van der Waals surface area contributed by atoms with Gasteiger partial charge in [-0.1, -0.05) is 15.9 Å². The number of hydrogen-bond acceptors (Lipinski definition) is 2. The van der Waals surface area contributed by atoms with Crippen molar-refractivity contribution in [3.8, 4) is 5.75 Å². The van der Waals surface area contributed by atoms with E-state index in [0.29, 0.717) is 5.41 Å². The molecular formula is C20H26BrNO2. The average molecular weight is 392 g/mol. The van der Waals surface area contributed by atoms with Crippen molar-refractivity contribution in [3.63, 3.8) is 0 Å². The Morgan fingerprint density at radius 2 is 1.71 bits per heavy atom. The van der Waals surface area contributed by atoms with Gasteiger partial charge in [-0.3, -0.25) is 4.79 Å². The van der Waals surface area contributed by atoms with Crippen molar-refractivity contribution >= 4 is 21.8 Å². The Kier molecular flexibility index (Phi) is 4.36. The third-order valence-electron chi connectivity index (χ3n) is 6.57. The van der Waals surface area contributed by atoms with Gasteiger partial charge in [0.25, 0.3) is 5.91 Å². The number of benzene rings is 1. The molecule has 1 aromatic carbocycles. The van der Waals surface area contributed by atoms with Gasteiger partial charge in [-0.15, -0.1) is 0 Å². The lowest BCUT2D eigenvalue weighted by Gasteiger charge is -2.59. The zero-order chi connectivity index (χ0) is 16.7. The molecule has 0 saturated heterocycles. The summed E-state index contributed by atoms with van der Waals surface area (Å²) in [5.41, 5.74) is 0.349. The first-order chi connectivity index (χ1) is 11.5. The standard InChI is InChI=1S/C20H26BrNO2/c1-13(20-9-14-6-15(10-20)8-16(7-14)11-20)22-19(23)12-24-18-4-2-17(21)3-5-18/h2-5,13-16H,6-12H2,1H3,(H,22,23)/t13-,14?,15?,16?,20?/m0/s1. The van der Waals surface area contributed by atoms with Crippen LogP contribution >= 0.6 is 15.9 Å². The number of nitrogens with one attached hydrogen (secondary N) is 1. The van der Waals surface area contributed by atoms with Crippen LogP contribution in [0.5, 0.6) is 5.75 Å². The highest BCUT2D eigenvalue weighted by Crippen LogP contribution is 2.61. The largest absolute Gasteiger partial charge is 0.484 e. The molecule has 1 atom stereocenters. The van der Waals surface area contributed by atoms with Crippen LogP contribution in [0.2, 0.25) is 0 Å². The third kappa shape index (κ3) is 3.22. The maximum absolute atomic E-state index is 12.3. The summed E-state index contributed by atoms with van der Waals surface area (Å²) < 4.78 is 6.62. The number of ether oxygens (including phenoxy) is 1. The highest BCUT2D eigenvalue weighted by atomic mass is 79.9. The fraction of sp³-hybridized carbons (Fsp3) is 0.650. The molecule has 0 radical (unpaired) electrons. The highest BCUT2D eigenvalue weighted by Gasteiger charge is 2.53. The van der Waals surface area contributed by atoms with E-state index < -0.39 is 0 Å². The molecular weight excluding hydrogens is 366 g/mol. The third-order valence-corrected chi connectivity index (χ3v) is 7.09. The van der Waals surface area contributed by atoms with Crippen LogP contribution in [0, 0.1) is 23.2 Å². The summed E-state index contributed by atoms with van der Waals surface area (Å²) in [4.78, 5) is 12.3. The normalized spacial score (nSPS) is 34.8. The molecule has 4 aliphatic rings. The second-order valence-corrected chi connectivity index (χ2v) is 9.23. The van der Waals surface area contributed by atoms with E-state index in [9.17, 15) is 4.79 Å². The zero-order valence-corrected chi connectivity index (χ0v) is 15.8. The predicted octanol–water partition coefficient (Wildman–Crippen LogP) is 4.55. The number of rotatable bonds is 5. The fourth-order valence-corrected chi connectivity index (χ4v) is 6.09. The minimum absolute atomic E-state index is 0.00108. The topological polar surface area (TPSA) is 38.3 Å². The summed E-state index contributed by atoms with van der Waals surface area (Å²) in [6.45, 7) is 2.31. The SMILES string of the molecule is C[C@H](NC(=O)COc1ccc(Br)cc1)C12CC3CC(CC(C3)C1)C2. The van der Waals surface area contributed by atoms with Gasteiger partial charge in [0.15, 0.2) is 6.61 Å². The molecule has 4 bridgehead atoms. The molecule has 0 heterocycles. The first kappa shape index (κ1) is 16.4. The van der Waals surface area contributed by atoms with E-state index >= 15 is 0 Å². The number of hydrogen-bond donors (Lipinski definition) is 1. The predicted molar refractivity (Wildman–Crippen MR) is 97.8 cm³/mol. The summed E-state index contributed by atoms with van der Waals surface area (Å²) in [6.07, 6.45) is 8.25. The van der Waals surface area contributed by atoms with Crippen LogP contribution in [0.25, 0.3) is 0 Å². The maximum Gasteiger partial charge on any atom is 0.258 e. The van der Waals surface area contributed by atoms with Crippen LogP contribution in [0.1, 0.15) is 45.4 Å². The van der Waals surface area contributed by atoms with Crippen molar-refractivity contribution < 1.29 is 9.53 Å². The molecule has 5 rings (SSSR count). The van der Waals surface area contributed by atoms with Crippen LogP contribution in [0.4, 0.5) is 0 Å². The lowest BCUT2D eigenvalue weighted by molar-refractivity contribution is -0.127. The fourth-order valence-electron chi connectivity index (χ4n) is 5.82. The van der Waals surface area contributed by atoms with Gasteiger partial charge >= 0.3 is 0 Å². The van der Waals surface area contributed by atoms with Crippen molar-refractivity contribution in [1.82, 2.24) is 5.32 Å². The van der Waals surface area contributed by atoms with E-state index in [4.69, 9.17) is 4.74 Å². The van der Waals surface area contributed by atoms with Crippen LogP contribution in [-0.2, 0) is 4.79 Å². The number of halogens is 1. The molecule has 4 fully saturated rings. The Hall–Kier alpha value is -1.03. The van der Waals surface area contributed by atoms with Crippen molar-refractivity contribution in [2.75, 3.05) is 6.61 Å². The van der Waals surface area contributed by atoms with E-state index in [1.54, 1.807) is 0 Å². The molecule has 24 heavy (non-hydrogen) atoms. The quantitative estimate of drug-likeness (QED) is 0.799. The Balaban J connectivity index is 1.33. The van der Waals surface area contributed by atoms with Crippen LogP contribution in [-0.4, -0.2) is 18.6 Å². The minimum Gasteiger partial charge on any atom is -0.484 e.